The largest absolute Gasteiger partial charge is 0.348 e. The van der Waals surface area contributed by atoms with E-state index in [2.05, 4.69) is 39.0 Å². The first-order chi connectivity index (χ1) is 15.7. The minimum absolute atomic E-state index is 0.329. The van der Waals surface area contributed by atoms with E-state index in [4.69, 9.17) is 16.6 Å². The molecule has 0 fully saturated rings. The quantitative estimate of drug-likeness (QED) is 0.406. The Balaban J connectivity index is 1.89. The first-order valence-corrected chi connectivity index (χ1v) is 10.5. The second kappa shape index (κ2) is 7.21. The van der Waals surface area contributed by atoms with Crippen molar-refractivity contribution in [2.75, 3.05) is 0 Å². The van der Waals surface area contributed by atoms with Crippen molar-refractivity contribution in [3.63, 3.8) is 0 Å². The zero-order chi connectivity index (χ0) is 21.7. The van der Waals surface area contributed by atoms with E-state index in [-0.39, 0.29) is 5.69 Å². The molecule has 0 unspecified atom stereocenters. The highest BCUT2D eigenvalue weighted by Gasteiger charge is 2.25. The number of hydrogen-bond donors (Lipinski definition) is 1. The summed E-state index contributed by atoms with van der Waals surface area (Å²) in [5.41, 5.74) is 5.67. The highest BCUT2D eigenvalue weighted by Crippen LogP contribution is 2.43. The molecule has 0 saturated carbocycles. The predicted molar refractivity (Wildman–Crippen MR) is 126 cm³/mol. The standard InChI is InChI=1S/C25H16ClN5O/c26-18-12-7-13-19(14-18)31-22(17-10-5-2-6-11-17)20(16-8-3-1-4-9-16)21-23(31)27-15-30-24(21)28-29-25(30)32/h1-15H,(H,29,32). The summed E-state index contributed by atoms with van der Waals surface area (Å²) >= 11 is 6.37. The lowest BCUT2D eigenvalue weighted by molar-refractivity contribution is 0.994. The summed E-state index contributed by atoms with van der Waals surface area (Å²) < 4.78 is 3.52. The van der Waals surface area contributed by atoms with Gasteiger partial charge in [-0.3, -0.25) is 4.57 Å². The van der Waals surface area contributed by atoms with Gasteiger partial charge < -0.3 is 0 Å². The predicted octanol–water partition coefficient (Wildman–Crippen LogP) is 5.35. The molecule has 3 aromatic carbocycles. The first-order valence-electron chi connectivity index (χ1n) is 10.1. The summed E-state index contributed by atoms with van der Waals surface area (Å²) in [7, 11) is 0. The molecule has 154 valence electrons. The van der Waals surface area contributed by atoms with Gasteiger partial charge in [-0.1, -0.05) is 78.3 Å². The number of fused-ring (bicyclic) bond motifs is 3. The van der Waals surface area contributed by atoms with Gasteiger partial charge in [-0.15, -0.1) is 0 Å². The second-order valence-corrected chi connectivity index (χ2v) is 7.87. The number of halogens is 1. The SMILES string of the molecule is O=c1[nH]nc2c3c(-c4ccccc4)c(-c4ccccc4)n(-c4cccc(Cl)c4)c3ncn12. The maximum absolute atomic E-state index is 12.3. The number of H-pyrrole nitrogens is 1. The number of rotatable bonds is 3. The van der Waals surface area contributed by atoms with Crippen LogP contribution in [0.2, 0.25) is 5.02 Å². The van der Waals surface area contributed by atoms with E-state index in [0.29, 0.717) is 16.3 Å². The molecule has 32 heavy (non-hydrogen) atoms. The van der Waals surface area contributed by atoms with Gasteiger partial charge in [-0.2, -0.15) is 5.10 Å². The monoisotopic (exact) mass is 437 g/mol. The highest BCUT2D eigenvalue weighted by molar-refractivity contribution is 6.30. The van der Waals surface area contributed by atoms with Gasteiger partial charge in [0.1, 0.15) is 6.33 Å². The van der Waals surface area contributed by atoms with Crippen LogP contribution in [0.1, 0.15) is 0 Å². The van der Waals surface area contributed by atoms with E-state index in [1.807, 2.05) is 60.7 Å². The normalized spacial score (nSPS) is 11.4. The fourth-order valence-corrected chi connectivity index (χ4v) is 4.40. The van der Waals surface area contributed by atoms with Crippen LogP contribution in [0.25, 0.3) is 44.8 Å². The summed E-state index contributed by atoms with van der Waals surface area (Å²) in [5.74, 6) is 0. The molecule has 0 radical (unpaired) electrons. The lowest BCUT2D eigenvalue weighted by atomic mass is 9.99. The minimum Gasteiger partial charge on any atom is -0.293 e. The third kappa shape index (κ3) is 2.77. The molecule has 0 spiro atoms. The smallest absolute Gasteiger partial charge is 0.293 e. The van der Waals surface area contributed by atoms with Crippen molar-refractivity contribution in [1.29, 1.82) is 0 Å². The van der Waals surface area contributed by atoms with Gasteiger partial charge in [0.2, 0.25) is 0 Å². The number of aromatic nitrogens is 5. The van der Waals surface area contributed by atoms with Crippen molar-refractivity contribution in [3.8, 4) is 28.1 Å². The van der Waals surface area contributed by atoms with E-state index in [9.17, 15) is 4.79 Å². The summed E-state index contributed by atoms with van der Waals surface area (Å²) in [6, 6.07) is 27.9. The van der Waals surface area contributed by atoms with Gasteiger partial charge in [0.25, 0.3) is 0 Å². The van der Waals surface area contributed by atoms with Gasteiger partial charge in [-0.25, -0.2) is 19.3 Å². The topological polar surface area (TPSA) is 68.0 Å². The first kappa shape index (κ1) is 18.6. The number of hydrogen-bond acceptors (Lipinski definition) is 3. The van der Waals surface area contributed by atoms with Crippen molar-refractivity contribution in [2.45, 2.75) is 0 Å². The van der Waals surface area contributed by atoms with E-state index < -0.39 is 0 Å². The van der Waals surface area contributed by atoms with Crippen molar-refractivity contribution >= 4 is 28.3 Å². The third-order valence-electron chi connectivity index (χ3n) is 5.55. The molecule has 3 aromatic heterocycles. The Morgan fingerprint density at radius 2 is 1.53 bits per heavy atom. The average Bonchev–Trinajstić information content (AvgIpc) is 3.38. The van der Waals surface area contributed by atoms with E-state index in [0.717, 1.165) is 33.5 Å². The molecule has 3 heterocycles. The molecule has 0 atom stereocenters. The molecule has 0 aliphatic heterocycles. The summed E-state index contributed by atoms with van der Waals surface area (Å²) in [6.07, 6.45) is 1.51. The summed E-state index contributed by atoms with van der Waals surface area (Å²) in [5, 5.41) is 8.30. The Kier molecular flexibility index (Phi) is 4.19. The molecule has 0 bridgehead atoms. The van der Waals surface area contributed by atoms with Crippen LogP contribution in [0.5, 0.6) is 0 Å². The molecule has 1 N–H and O–H groups in total. The van der Waals surface area contributed by atoms with Crippen LogP contribution in [0.15, 0.2) is 96.1 Å². The Morgan fingerprint density at radius 3 is 2.25 bits per heavy atom. The number of nitrogens with one attached hydrogen (secondary N) is 1. The number of nitrogens with zero attached hydrogens (tertiary/aromatic N) is 4. The fourth-order valence-electron chi connectivity index (χ4n) is 4.22. The molecule has 6 rings (SSSR count). The summed E-state index contributed by atoms with van der Waals surface area (Å²) in [4.78, 5) is 17.0. The molecule has 6 nitrogen and oxygen atoms in total. The van der Waals surface area contributed by atoms with Crippen LogP contribution >= 0.6 is 11.6 Å². The molecular formula is C25H16ClN5O. The Morgan fingerprint density at radius 1 is 0.812 bits per heavy atom. The highest BCUT2D eigenvalue weighted by atomic mass is 35.5. The van der Waals surface area contributed by atoms with Crippen LogP contribution in [0.3, 0.4) is 0 Å². The molecule has 0 saturated heterocycles. The maximum atomic E-state index is 12.3. The van der Waals surface area contributed by atoms with Crippen LogP contribution < -0.4 is 5.69 Å². The van der Waals surface area contributed by atoms with E-state index >= 15 is 0 Å². The van der Waals surface area contributed by atoms with Crippen molar-refractivity contribution < 1.29 is 0 Å². The number of benzene rings is 3. The van der Waals surface area contributed by atoms with E-state index in [1.54, 1.807) is 0 Å². The number of aromatic amines is 1. The Hall–Kier alpha value is -4.16. The fraction of sp³-hybridized carbons (Fsp3) is 0. The molecule has 0 amide bonds. The van der Waals surface area contributed by atoms with Gasteiger partial charge in [0.15, 0.2) is 11.3 Å². The van der Waals surface area contributed by atoms with Crippen LogP contribution in [0.4, 0.5) is 0 Å². The second-order valence-electron chi connectivity index (χ2n) is 7.44. The summed E-state index contributed by atoms with van der Waals surface area (Å²) in [6.45, 7) is 0. The zero-order valence-corrected chi connectivity index (χ0v) is 17.5. The van der Waals surface area contributed by atoms with Crippen molar-refractivity contribution in [3.05, 3.63) is 107 Å². The molecule has 0 aliphatic rings. The lowest BCUT2D eigenvalue weighted by Gasteiger charge is -2.13. The molecular weight excluding hydrogens is 422 g/mol. The van der Waals surface area contributed by atoms with Crippen LogP contribution in [-0.2, 0) is 0 Å². The van der Waals surface area contributed by atoms with E-state index in [1.165, 1.54) is 10.7 Å². The van der Waals surface area contributed by atoms with Crippen LogP contribution in [-0.4, -0.2) is 24.1 Å². The van der Waals surface area contributed by atoms with Gasteiger partial charge in [0, 0.05) is 16.3 Å². The average molecular weight is 438 g/mol. The minimum atomic E-state index is -0.329. The third-order valence-corrected chi connectivity index (χ3v) is 5.78. The maximum Gasteiger partial charge on any atom is 0.348 e. The zero-order valence-electron chi connectivity index (χ0n) is 16.7. The van der Waals surface area contributed by atoms with Crippen molar-refractivity contribution in [1.82, 2.24) is 24.1 Å². The Bertz CT molecular complexity index is 1650. The van der Waals surface area contributed by atoms with Gasteiger partial charge in [-0.05, 0) is 29.3 Å². The van der Waals surface area contributed by atoms with Crippen LogP contribution in [0, 0.1) is 0 Å². The van der Waals surface area contributed by atoms with Gasteiger partial charge >= 0.3 is 5.69 Å². The molecule has 7 heteroatoms. The van der Waals surface area contributed by atoms with Crippen molar-refractivity contribution in [2.24, 2.45) is 0 Å². The molecule has 0 aliphatic carbocycles. The lowest BCUT2D eigenvalue weighted by Crippen LogP contribution is -2.09. The van der Waals surface area contributed by atoms with Gasteiger partial charge in [0.05, 0.1) is 11.1 Å². The molecule has 6 aromatic rings. The Labute approximate surface area is 187 Å².